The second-order valence-electron chi connectivity index (χ2n) is 4.42. The average molecular weight is 251 g/mol. The predicted octanol–water partition coefficient (Wildman–Crippen LogP) is 2.82. The van der Waals surface area contributed by atoms with Crippen molar-refractivity contribution in [1.29, 1.82) is 0 Å². The summed E-state index contributed by atoms with van der Waals surface area (Å²) in [5.41, 5.74) is 0.696. The van der Waals surface area contributed by atoms with Gasteiger partial charge in [0.1, 0.15) is 17.2 Å². The van der Waals surface area contributed by atoms with Crippen LogP contribution >= 0.6 is 0 Å². The lowest BCUT2D eigenvalue weighted by Crippen LogP contribution is -2.19. The average Bonchev–Trinajstić information content (AvgIpc) is 2.76. The van der Waals surface area contributed by atoms with Crippen molar-refractivity contribution in [3.05, 3.63) is 35.8 Å². The monoisotopic (exact) mass is 251 g/mol. The highest BCUT2D eigenvalue weighted by atomic mass is 19.1. The molecular formula is C14H18FNO2. The fourth-order valence-corrected chi connectivity index (χ4v) is 1.84. The summed E-state index contributed by atoms with van der Waals surface area (Å²) < 4.78 is 18.6. The Morgan fingerprint density at radius 2 is 2.22 bits per heavy atom. The summed E-state index contributed by atoms with van der Waals surface area (Å²) in [7, 11) is 0. The Labute approximate surface area is 106 Å². The summed E-state index contributed by atoms with van der Waals surface area (Å²) in [6, 6.07) is 6.32. The van der Waals surface area contributed by atoms with Gasteiger partial charge >= 0.3 is 0 Å². The molecule has 0 aliphatic rings. The Bertz CT molecular complexity index is 509. The molecule has 1 heterocycles. The van der Waals surface area contributed by atoms with Crippen LogP contribution < -0.4 is 5.32 Å². The summed E-state index contributed by atoms with van der Waals surface area (Å²) in [4.78, 5) is 0. The van der Waals surface area contributed by atoms with E-state index in [4.69, 9.17) is 4.42 Å². The van der Waals surface area contributed by atoms with E-state index < -0.39 is 0 Å². The number of hydrogen-bond donors (Lipinski definition) is 2. The van der Waals surface area contributed by atoms with Crippen LogP contribution in [0, 0.1) is 5.82 Å². The molecule has 0 saturated carbocycles. The molecule has 1 aromatic heterocycles. The van der Waals surface area contributed by atoms with E-state index in [1.165, 1.54) is 12.1 Å². The number of fused-ring (bicyclic) bond motifs is 1. The van der Waals surface area contributed by atoms with E-state index in [9.17, 15) is 9.50 Å². The Balaban J connectivity index is 1.88. The Hall–Kier alpha value is -1.39. The zero-order valence-electron chi connectivity index (χ0n) is 10.4. The molecule has 98 valence electrons. The minimum absolute atomic E-state index is 0.248. The molecule has 0 bridgehead atoms. The van der Waals surface area contributed by atoms with Gasteiger partial charge in [-0.05, 0) is 43.7 Å². The summed E-state index contributed by atoms with van der Waals surface area (Å²) in [5, 5.41) is 13.4. The van der Waals surface area contributed by atoms with Gasteiger partial charge in [0.2, 0.25) is 0 Å². The van der Waals surface area contributed by atoms with E-state index in [0.29, 0.717) is 12.1 Å². The molecule has 2 aromatic rings. The van der Waals surface area contributed by atoms with E-state index in [1.807, 2.05) is 13.0 Å². The van der Waals surface area contributed by atoms with Gasteiger partial charge in [-0.15, -0.1) is 0 Å². The van der Waals surface area contributed by atoms with Gasteiger partial charge in [-0.1, -0.05) is 6.92 Å². The van der Waals surface area contributed by atoms with Crippen molar-refractivity contribution in [2.45, 2.75) is 32.4 Å². The van der Waals surface area contributed by atoms with E-state index in [0.717, 1.165) is 30.5 Å². The lowest BCUT2D eigenvalue weighted by molar-refractivity contribution is 0.159. The molecule has 1 unspecified atom stereocenters. The van der Waals surface area contributed by atoms with Crippen LogP contribution in [0.5, 0.6) is 0 Å². The van der Waals surface area contributed by atoms with Gasteiger partial charge in [0.25, 0.3) is 0 Å². The minimum Gasteiger partial charge on any atom is -0.460 e. The zero-order chi connectivity index (χ0) is 13.0. The van der Waals surface area contributed by atoms with Gasteiger partial charge in [-0.3, -0.25) is 0 Å². The van der Waals surface area contributed by atoms with Crippen LogP contribution in [0.2, 0.25) is 0 Å². The normalized spacial score (nSPS) is 13.1. The van der Waals surface area contributed by atoms with Crippen LogP contribution in [0.1, 0.15) is 25.5 Å². The van der Waals surface area contributed by atoms with Crippen LogP contribution in [0.15, 0.2) is 28.7 Å². The van der Waals surface area contributed by atoms with Crippen LogP contribution in [0.25, 0.3) is 11.0 Å². The molecule has 18 heavy (non-hydrogen) atoms. The third-order valence-electron chi connectivity index (χ3n) is 2.95. The largest absolute Gasteiger partial charge is 0.460 e. The Morgan fingerprint density at radius 1 is 1.39 bits per heavy atom. The summed E-state index contributed by atoms with van der Waals surface area (Å²) >= 11 is 0. The quantitative estimate of drug-likeness (QED) is 0.776. The number of aliphatic hydroxyl groups excluding tert-OH is 1. The Morgan fingerprint density at radius 3 is 3.00 bits per heavy atom. The molecule has 0 saturated heterocycles. The fourth-order valence-electron chi connectivity index (χ4n) is 1.84. The molecule has 0 fully saturated rings. The first-order chi connectivity index (χ1) is 8.69. The minimum atomic E-state index is -0.256. The molecule has 1 aromatic carbocycles. The van der Waals surface area contributed by atoms with Crippen LogP contribution in [0.4, 0.5) is 4.39 Å². The highest BCUT2D eigenvalue weighted by Gasteiger charge is 2.05. The van der Waals surface area contributed by atoms with Gasteiger partial charge in [0, 0.05) is 5.39 Å². The SMILES string of the molecule is CCC(O)CCNCc1cc2cc(F)ccc2o1. The third-order valence-corrected chi connectivity index (χ3v) is 2.95. The van der Waals surface area contributed by atoms with Crippen LogP contribution in [-0.4, -0.2) is 17.8 Å². The van der Waals surface area contributed by atoms with E-state index >= 15 is 0 Å². The maximum atomic E-state index is 13.0. The second-order valence-corrected chi connectivity index (χ2v) is 4.42. The maximum Gasteiger partial charge on any atom is 0.134 e. The highest BCUT2D eigenvalue weighted by molar-refractivity contribution is 5.77. The van der Waals surface area contributed by atoms with Crippen molar-refractivity contribution in [1.82, 2.24) is 5.32 Å². The van der Waals surface area contributed by atoms with Crippen LogP contribution in [-0.2, 0) is 6.54 Å². The lowest BCUT2D eigenvalue weighted by Gasteiger charge is -2.07. The predicted molar refractivity (Wildman–Crippen MR) is 68.8 cm³/mol. The topological polar surface area (TPSA) is 45.4 Å². The molecule has 0 amide bonds. The third kappa shape index (κ3) is 3.31. The van der Waals surface area contributed by atoms with Gasteiger partial charge < -0.3 is 14.8 Å². The van der Waals surface area contributed by atoms with Gasteiger partial charge in [0.05, 0.1) is 12.6 Å². The number of hydrogen-bond acceptors (Lipinski definition) is 3. The number of halogens is 1. The first-order valence-corrected chi connectivity index (χ1v) is 6.26. The molecule has 1 atom stereocenters. The number of rotatable bonds is 6. The molecular weight excluding hydrogens is 233 g/mol. The number of furan rings is 1. The molecule has 0 aliphatic heterocycles. The Kier molecular flexibility index (Phi) is 4.33. The van der Waals surface area contributed by atoms with Gasteiger partial charge in [-0.2, -0.15) is 0 Å². The van der Waals surface area contributed by atoms with Crippen molar-refractivity contribution in [3.8, 4) is 0 Å². The number of benzene rings is 1. The van der Waals surface area contributed by atoms with E-state index in [1.54, 1.807) is 6.07 Å². The molecule has 0 spiro atoms. The van der Waals surface area contributed by atoms with Gasteiger partial charge in [0.15, 0.2) is 0 Å². The lowest BCUT2D eigenvalue weighted by atomic mass is 10.2. The smallest absolute Gasteiger partial charge is 0.134 e. The second kappa shape index (κ2) is 5.98. The molecule has 4 heteroatoms. The van der Waals surface area contributed by atoms with E-state index in [-0.39, 0.29) is 11.9 Å². The zero-order valence-corrected chi connectivity index (χ0v) is 10.4. The molecule has 3 nitrogen and oxygen atoms in total. The maximum absolute atomic E-state index is 13.0. The first-order valence-electron chi connectivity index (χ1n) is 6.26. The standard InChI is InChI=1S/C14H18FNO2/c1-2-12(17)5-6-16-9-13-8-10-7-11(15)3-4-14(10)18-13/h3-4,7-8,12,16-17H,2,5-6,9H2,1H3. The summed E-state index contributed by atoms with van der Waals surface area (Å²) in [6.07, 6.45) is 1.25. The molecule has 0 aliphatic carbocycles. The van der Waals surface area contributed by atoms with Crippen molar-refractivity contribution in [2.75, 3.05) is 6.54 Å². The van der Waals surface area contributed by atoms with Crippen molar-refractivity contribution < 1.29 is 13.9 Å². The van der Waals surface area contributed by atoms with E-state index in [2.05, 4.69) is 5.32 Å². The highest BCUT2D eigenvalue weighted by Crippen LogP contribution is 2.20. The molecule has 0 radical (unpaired) electrons. The van der Waals surface area contributed by atoms with Gasteiger partial charge in [-0.25, -0.2) is 4.39 Å². The molecule has 2 N–H and O–H groups in total. The van der Waals surface area contributed by atoms with Crippen LogP contribution in [0.3, 0.4) is 0 Å². The summed E-state index contributed by atoms with van der Waals surface area (Å²) in [6.45, 7) is 3.28. The first kappa shape index (κ1) is 13.1. The molecule has 2 rings (SSSR count). The van der Waals surface area contributed by atoms with Crippen molar-refractivity contribution in [2.24, 2.45) is 0 Å². The fraction of sp³-hybridized carbons (Fsp3) is 0.429. The summed E-state index contributed by atoms with van der Waals surface area (Å²) in [5.74, 6) is 0.524. The van der Waals surface area contributed by atoms with Crippen molar-refractivity contribution in [3.63, 3.8) is 0 Å². The van der Waals surface area contributed by atoms with Crippen molar-refractivity contribution >= 4 is 11.0 Å². The number of nitrogens with one attached hydrogen (secondary N) is 1. The number of aliphatic hydroxyl groups is 1.